The van der Waals surface area contributed by atoms with E-state index in [1.54, 1.807) is 22.9 Å². The minimum Gasteiger partial charge on any atom is -0.507 e. The van der Waals surface area contributed by atoms with Gasteiger partial charge in [-0.25, -0.2) is 9.37 Å². The molecular formula is C21H20FN5O. The zero-order valence-corrected chi connectivity index (χ0v) is 15.5. The lowest BCUT2D eigenvalue weighted by atomic mass is 9.94. The van der Waals surface area contributed by atoms with E-state index >= 15 is 0 Å². The Morgan fingerprint density at radius 3 is 2.75 bits per heavy atom. The fourth-order valence-corrected chi connectivity index (χ4v) is 3.95. The highest BCUT2D eigenvalue weighted by atomic mass is 19.1. The van der Waals surface area contributed by atoms with Crippen molar-refractivity contribution < 1.29 is 9.50 Å². The number of nitrogens with zero attached hydrogens (tertiary/aromatic N) is 4. The third kappa shape index (κ3) is 2.88. The Morgan fingerprint density at radius 1 is 1.11 bits per heavy atom. The summed E-state index contributed by atoms with van der Waals surface area (Å²) in [6, 6.07) is 8.49. The van der Waals surface area contributed by atoms with Crippen molar-refractivity contribution >= 4 is 21.9 Å². The van der Waals surface area contributed by atoms with Crippen molar-refractivity contribution in [3.8, 4) is 17.0 Å². The van der Waals surface area contributed by atoms with Crippen molar-refractivity contribution in [2.45, 2.75) is 18.8 Å². The number of aromatic nitrogens is 4. The molecule has 0 bridgehead atoms. The highest BCUT2D eigenvalue weighted by molar-refractivity contribution is 5.88. The van der Waals surface area contributed by atoms with Crippen molar-refractivity contribution in [1.82, 2.24) is 25.1 Å². The minimum absolute atomic E-state index is 0.0674. The Kier molecular flexibility index (Phi) is 3.98. The number of aromatic hydroxyl groups is 1. The van der Waals surface area contributed by atoms with E-state index in [0.717, 1.165) is 37.0 Å². The summed E-state index contributed by atoms with van der Waals surface area (Å²) in [4.78, 5) is 9.13. The van der Waals surface area contributed by atoms with Crippen LogP contribution in [0.25, 0.3) is 33.2 Å². The normalized spacial score (nSPS) is 15.5. The summed E-state index contributed by atoms with van der Waals surface area (Å²) < 4.78 is 16.5. The molecule has 7 heteroatoms. The molecule has 5 rings (SSSR count). The Balaban J connectivity index is 1.60. The van der Waals surface area contributed by atoms with Gasteiger partial charge < -0.3 is 10.4 Å². The molecule has 0 saturated carbocycles. The van der Waals surface area contributed by atoms with E-state index in [4.69, 9.17) is 0 Å². The topological polar surface area (TPSA) is 75.9 Å². The molecule has 0 amide bonds. The summed E-state index contributed by atoms with van der Waals surface area (Å²) in [6.45, 7) is 1.86. The zero-order valence-electron chi connectivity index (χ0n) is 15.5. The van der Waals surface area contributed by atoms with E-state index in [2.05, 4.69) is 20.4 Å². The first kappa shape index (κ1) is 17.1. The van der Waals surface area contributed by atoms with Crippen molar-refractivity contribution in [3.05, 3.63) is 48.0 Å². The predicted octanol–water partition coefficient (Wildman–Crippen LogP) is 3.50. The van der Waals surface area contributed by atoms with Gasteiger partial charge >= 0.3 is 0 Å². The molecule has 4 heterocycles. The van der Waals surface area contributed by atoms with Gasteiger partial charge in [-0.05, 0) is 50.2 Å². The predicted molar refractivity (Wildman–Crippen MR) is 106 cm³/mol. The number of piperidine rings is 1. The lowest BCUT2D eigenvalue weighted by Crippen LogP contribution is -2.27. The molecule has 1 saturated heterocycles. The SMILES string of the molecule is Cn1cc2cc(-c3ccc4nc(C5CCNCC5)cc(F)c4n3)c(O)cc2n1. The van der Waals surface area contributed by atoms with E-state index in [0.29, 0.717) is 22.3 Å². The number of hydrogen-bond acceptors (Lipinski definition) is 5. The van der Waals surface area contributed by atoms with Crippen molar-refractivity contribution in [2.24, 2.45) is 7.05 Å². The molecule has 6 nitrogen and oxygen atoms in total. The minimum atomic E-state index is -0.373. The summed E-state index contributed by atoms with van der Waals surface area (Å²) >= 11 is 0. The number of aryl methyl sites for hydroxylation is 1. The maximum absolute atomic E-state index is 14.9. The molecule has 0 aliphatic carbocycles. The van der Waals surface area contributed by atoms with Gasteiger partial charge in [0.25, 0.3) is 0 Å². The standard InChI is InChI=1S/C21H20FN5O/c1-27-11-13-8-14(20(28)10-19(13)26-27)16-2-3-17-21(25-16)15(22)9-18(24-17)12-4-6-23-7-5-12/h2-3,8-12,23,28H,4-7H2,1H3. The van der Waals surface area contributed by atoms with Gasteiger partial charge in [-0.15, -0.1) is 0 Å². The van der Waals surface area contributed by atoms with Crippen LogP contribution in [-0.2, 0) is 7.05 Å². The van der Waals surface area contributed by atoms with Crippen molar-refractivity contribution in [1.29, 1.82) is 0 Å². The highest BCUT2D eigenvalue weighted by Crippen LogP contribution is 2.33. The Hall–Kier alpha value is -3.06. The van der Waals surface area contributed by atoms with Gasteiger partial charge in [-0.2, -0.15) is 5.10 Å². The van der Waals surface area contributed by atoms with Crippen LogP contribution in [0.4, 0.5) is 4.39 Å². The smallest absolute Gasteiger partial charge is 0.152 e. The number of nitrogens with one attached hydrogen (secondary N) is 1. The Morgan fingerprint density at radius 2 is 1.93 bits per heavy atom. The van der Waals surface area contributed by atoms with E-state index in [1.807, 2.05) is 19.3 Å². The molecule has 1 aromatic carbocycles. The number of benzene rings is 1. The Labute approximate surface area is 161 Å². The molecule has 28 heavy (non-hydrogen) atoms. The Bertz CT molecular complexity index is 1200. The quantitative estimate of drug-likeness (QED) is 0.559. The molecule has 4 aromatic rings. The van der Waals surface area contributed by atoms with Gasteiger partial charge in [-0.1, -0.05) is 0 Å². The van der Waals surface area contributed by atoms with Gasteiger partial charge in [0, 0.05) is 41.9 Å². The van der Waals surface area contributed by atoms with Gasteiger partial charge in [0.2, 0.25) is 0 Å². The molecule has 0 unspecified atom stereocenters. The first-order valence-corrected chi connectivity index (χ1v) is 9.43. The van der Waals surface area contributed by atoms with Crippen molar-refractivity contribution in [3.63, 3.8) is 0 Å². The third-order valence-corrected chi connectivity index (χ3v) is 5.39. The summed E-state index contributed by atoms with van der Waals surface area (Å²) in [7, 11) is 1.83. The van der Waals surface area contributed by atoms with Gasteiger partial charge in [0.1, 0.15) is 11.3 Å². The lowest BCUT2D eigenvalue weighted by molar-refractivity contribution is 0.452. The van der Waals surface area contributed by atoms with Crippen LogP contribution in [0.5, 0.6) is 5.75 Å². The molecule has 0 atom stereocenters. The number of pyridine rings is 2. The number of rotatable bonds is 2. The molecular weight excluding hydrogens is 357 g/mol. The maximum atomic E-state index is 14.9. The van der Waals surface area contributed by atoms with E-state index in [9.17, 15) is 9.50 Å². The molecule has 3 aromatic heterocycles. The molecule has 0 radical (unpaired) electrons. The molecule has 2 N–H and O–H groups in total. The number of halogens is 1. The fourth-order valence-electron chi connectivity index (χ4n) is 3.95. The fraction of sp³-hybridized carbons (Fsp3) is 0.286. The largest absolute Gasteiger partial charge is 0.507 e. The number of phenolic OH excluding ortho intramolecular Hbond substituents is 1. The van der Waals surface area contributed by atoms with Crippen LogP contribution in [0.1, 0.15) is 24.5 Å². The number of phenols is 1. The first-order chi connectivity index (χ1) is 13.6. The monoisotopic (exact) mass is 377 g/mol. The molecule has 1 fully saturated rings. The molecule has 1 aliphatic rings. The molecule has 1 aliphatic heterocycles. The lowest BCUT2D eigenvalue weighted by Gasteiger charge is -2.22. The second-order valence-corrected chi connectivity index (χ2v) is 7.35. The first-order valence-electron chi connectivity index (χ1n) is 9.43. The van der Waals surface area contributed by atoms with E-state index in [1.165, 1.54) is 6.07 Å². The van der Waals surface area contributed by atoms with Crippen molar-refractivity contribution in [2.75, 3.05) is 13.1 Å². The van der Waals surface area contributed by atoms with Gasteiger partial charge in [0.05, 0.1) is 16.7 Å². The second kappa shape index (κ2) is 6.53. The zero-order chi connectivity index (χ0) is 19.3. The van der Waals surface area contributed by atoms with Crippen LogP contribution in [0.2, 0.25) is 0 Å². The summed E-state index contributed by atoms with van der Waals surface area (Å²) in [5, 5.41) is 18.9. The summed E-state index contributed by atoms with van der Waals surface area (Å²) in [6.07, 6.45) is 3.79. The van der Waals surface area contributed by atoms with Gasteiger partial charge in [-0.3, -0.25) is 9.67 Å². The highest BCUT2D eigenvalue weighted by Gasteiger charge is 2.19. The van der Waals surface area contributed by atoms with Crippen LogP contribution < -0.4 is 5.32 Å². The van der Waals surface area contributed by atoms with Crippen LogP contribution in [0.15, 0.2) is 36.5 Å². The van der Waals surface area contributed by atoms with Crippen LogP contribution in [-0.4, -0.2) is 37.9 Å². The second-order valence-electron chi connectivity index (χ2n) is 7.35. The van der Waals surface area contributed by atoms with Crippen LogP contribution >= 0.6 is 0 Å². The third-order valence-electron chi connectivity index (χ3n) is 5.39. The molecule has 142 valence electrons. The number of hydrogen-bond donors (Lipinski definition) is 2. The summed E-state index contributed by atoms with van der Waals surface area (Å²) in [5.41, 5.74) is 3.31. The van der Waals surface area contributed by atoms with Crippen LogP contribution in [0.3, 0.4) is 0 Å². The van der Waals surface area contributed by atoms with Crippen LogP contribution in [0, 0.1) is 5.82 Å². The van der Waals surface area contributed by atoms with Gasteiger partial charge in [0.15, 0.2) is 5.82 Å². The maximum Gasteiger partial charge on any atom is 0.152 e. The summed E-state index contributed by atoms with van der Waals surface area (Å²) in [5.74, 6) is -0.0306. The average molecular weight is 377 g/mol. The number of fused-ring (bicyclic) bond motifs is 2. The van der Waals surface area contributed by atoms with E-state index in [-0.39, 0.29) is 23.0 Å². The average Bonchev–Trinajstić information content (AvgIpc) is 3.06. The van der Waals surface area contributed by atoms with E-state index < -0.39 is 0 Å². The molecule has 0 spiro atoms.